The summed E-state index contributed by atoms with van der Waals surface area (Å²) in [7, 11) is 0. The molecule has 0 aliphatic carbocycles. The summed E-state index contributed by atoms with van der Waals surface area (Å²) in [5.41, 5.74) is 1.84. The Bertz CT molecular complexity index is 468. The molecule has 2 rings (SSSR count). The summed E-state index contributed by atoms with van der Waals surface area (Å²) in [4.78, 5) is 12.3. The molecule has 0 aromatic heterocycles. The van der Waals surface area contributed by atoms with Gasteiger partial charge >= 0.3 is 0 Å². The van der Waals surface area contributed by atoms with Crippen LogP contribution in [0.5, 0.6) is 0 Å². The van der Waals surface area contributed by atoms with Gasteiger partial charge in [-0.2, -0.15) is 0 Å². The third kappa shape index (κ3) is 4.07. The molecular formula is C17H24BrNO2. The third-order valence-electron chi connectivity index (χ3n) is 4.49. The van der Waals surface area contributed by atoms with Crippen LogP contribution >= 0.6 is 15.9 Å². The number of nitrogens with one attached hydrogen (secondary N) is 1. The molecule has 1 aliphatic heterocycles. The highest BCUT2D eigenvalue weighted by atomic mass is 79.9. The van der Waals surface area contributed by atoms with Crippen LogP contribution in [0.25, 0.3) is 0 Å². The second kappa shape index (κ2) is 7.41. The van der Waals surface area contributed by atoms with E-state index in [-0.39, 0.29) is 17.6 Å². The predicted molar refractivity (Wildman–Crippen MR) is 88.8 cm³/mol. The summed E-state index contributed by atoms with van der Waals surface area (Å²) in [5.74, 6) is 0.0177. The van der Waals surface area contributed by atoms with E-state index in [4.69, 9.17) is 4.74 Å². The lowest BCUT2D eigenvalue weighted by atomic mass is 9.86. The molecule has 1 amide bonds. The first kappa shape index (κ1) is 16.5. The van der Waals surface area contributed by atoms with Crippen LogP contribution in [0.1, 0.15) is 55.5 Å². The minimum Gasteiger partial charge on any atom is -0.375 e. The van der Waals surface area contributed by atoms with Crippen molar-refractivity contribution in [3.63, 3.8) is 0 Å². The number of carbonyl (C=O) groups is 1. The molecule has 1 atom stereocenters. The molecule has 1 heterocycles. The van der Waals surface area contributed by atoms with E-state index in [1.54, 1.807) is 0 Å². The normalized spacial score (nSPS) is 21.0. The van der Waals surface area contributed by atoms with E-state index in [1.165, 1.54) is 5.56 Å². The van der Waals surface area contributed by atoms with Crippen molar-refractivity contribution in [1.29, 1.82) is 0 Å². The number of rotatable bonds is 5. The number of ether oxygens (including phenoxy) is 1. The van der Waals surface area contributed by atoms with Gasteiger partial charge in [0.2, 0.25) is 0 Å². The Hall–Kier alpha value is -0.870. The van der Waals surface area contributed by atoms with Crippen molar-refractivity contribution in [2.45, 2.75) is 56.5 Å². The lowest BCUT2D eigenvalue weighted by Gasteiger charge is -2.40. The second-order valence-corrected chi connectivity index (χ2v) is 6.29. The van der Waals surface area contributed by atoms with Gasteiger partial charge in [0.15, 0.2) is 0 Å². The maximum absolute atomic E-state index is 12.3. The summed E-state index contributed by atoms with van der Waals surface area (Å²) < 4.78 is 5.96. The Morgan fingerprint density at radius 1 is 1.33 bits per heavy atom. The van der Waals surface area contributed by atoms with Gasteiger partial charge in [-0.05, 0) is 43.4 Å². The molecule has 1 aliphatic rings. The van der Waals surface area contributed by atoms with Crippen LogP contribution in [0.3, 0.4) is 0 Å². The van der Waals surface area contributed by atoms with Gasteiger partial charge in [-0.1, -0.05) is 41.9 Å². The van der Waals surface area contributed by atoms with Crippen molar-refractivity contribution in [2.24, 2.45) is 0 Å². The summed E-state index contributed by atoms with van der Waals surface area (Å²) in [6.07, 6.45) is 3.80. The topological polar surface area (TPSA) is 38.3 Å². The van der Waals surface area contributed by atoms with Crippen LogP contribution in [0.15, 0.2) is 24.3 Å². The Morgan fingerprint density at radius 2 is 2.00 bits per heavy atom. The standard InChI is InChI=1S/C17H24BrNO2/c1-3-17(4-2)11-15(9-10-21-17)19-16(20)14-7-5-13(12-18)6-8-14/h5-8,15H,3-4,9-12H2,1-2H3,(H,19,20). The minimum atomic E-state index is -0.0595. The SMILES string of the molecule is CCC1(CC)CC(NC(=O)c2ccc(CBr)cc2)CCO1. The molecule has 1 saturated heterocycles. The fourth-order valence-corrected chi connectivity index (χ4v) is 3.28. The molecular weight excluding hydrogens is 330 g/mol. The van der Waals surface area contributed by atoms with E-state index >= 15 is 0 Å². The number of alkyl halides is 1. The van der Waals surface area contributed by atoms with Crippen LogP contribution in [-0.4, -0.2) is 24.2 Å². The maximum Gasteiger partial charge on any atom is 0.251 e. The predicted octanol–water partition coefficient (Wildman–Crippen LogP) is 4.05. The highest BCUT2D eigenvalue weighted by molar-refractivity contribution is 9.08. The van der Waals surface area contributed by atoms with Gasteiger partial charge in [-0.25, -0.2) is 0 Å². The van der Waals surface area contributed by atoms with Crippen molar-refractivity contribution in [1.82, 2.24) is 5.32 Å². The van der Waals surface area contributed by atoms with E-state index in [2.05, 4.69) is 35.1 Å². The minimum absolute atomic E-state index is 0.0177. The first-order valence-electron chi connectivity index (χ1n) is 7.72. The van der Waals surface area contributed by atoms with Crippen LogP contribution in [0.2, 0.25) is 0 Å². The van der Waals surface area contributed by atoms with E-state index in [9.17, 15) is 4.79 Å². The van der Waals surface area contributed by atoms with Gasteiger partial charge in [0.05, 0.1) is 5.60 Å². The molecule has 21 heavy (non-hydrogen) atoms. The Morgan fingerprint density at radius 3 is 2.57 bits per heavy atom. The lowest BCUT2D eigenvalue weighted by molar-refractivity contribution is -0.0917. The Kier molecular flexibility index (Phi) is 5.82. The van der Waals surface area contributed by atoms with E-state index in [0.717, 1.165) is 43.2 Å². The van der Waals surface area contributed by atoms with Crippen molar-refractivity contribution in [3.05, 3.63) is 35.4 Å². The quantitative estimate of drug-likeness (QED) is 0.811. The fourth-order valence-electron chi connectivity index (χ4n) is 2.91. The maximum atomic E-state index is 12.3. The third-order valence-corrected chi connectivity index (χ3v) is 5.13. The Balaban J connectivity index is 1.98. The van der Waals surface area contributed by atoms with Crippen molar-refractivity contribution < 1.29 is 9.53 Å². The molecule has 1 aromatic rings. The highest BCUT2D eigenvalue weighted by Gasteiger charge is 2.35. The molecule has 3 nitrogen and oxygen atoms in total. The number of hydrogen-bond donors (Lipinski definition) is 1. The first-order chi connectivity index (χ1) is 10.1. The summed E-state index contributed by atoms with van der Waals surface area (Å²) >= 11 is 3.41. The van der Waals surface area contributed by atoms with Crippen molar-refractivity contribution in [3.8, 4) is 0 Å². The molecule has 1 unspecified atom stereocenters. The average Bonchev–Trinajstić information content (AvgIpc) is 2.55. The zero-order valence-electron chi connectivity index (χ0n) is 12.8. The number of amides is 1. The van der Waals surface area contributed by atoms with Crippen LogP contribution in [0.4, 0.5) is 0 Å². The lowest BCUT2D eigenvalue weighted by Crippen LogP contribution is -2.48. The smallest absolute Gasteiger partial charge is 0.251 e. The van der Waals surface area contributed by atoms with E-state index in [1.807, 2.05) is 24.3 Å². The van der Waals surface area contributed by atoms with Crippen LogP contribution in [-0.2, 0) is 10.1 Å². The Labute approximate surface area is 135 Å². The van der Waals surface area contributed by atoms with Crippen molar-refractivity contribution >= 4 is 21.8 Å². The van der Waals surface area contributed by atoms with Gasteiger partial charge in [-0.15, -0.1) is 0 Å². The molecule has 1 N–H and O–H groups in total. The molecule has 1 fully saturated rings. The van der Waals surface area contributed by atoms with Gasteiger partial charge < -0.3 is 10.1 Å². The highest BCUT2D eigenvalue weighted by Crippen LogP contribution is 2.31. The fraction of sp³-hybridized carbons (Fsp3) is 0.588. The zero-order valence-corrected chi connectivity index (χ0v) is 14.4. The number of hydrogen-bond acceptors (Lipinski definition) is 2. The van der Waals surface area contributed by atoms with Gasteiger partial charge in [0, 0.05) is 23.5 Å². The van der Waals surface area contributed by atoms with Gasteiger partial charge in [0.1, 0.15) is 0 Å². The monoisotopic (exact) mass is 353 g/mol. The first-order valence-corrected chi connectivity index (χ1v) is 8.84. The molecule has 116 valence electrons. The van der Waals surface area contributed by atoms with E-state index < -0.39 is 0 Å². The molecule has 1 aromatic carbocycles. The molecule has 0 bridgehead atoms. The van der Waals surface area contributed by atoms with Crippen LogP contribution in [0, 0.1) is 0 Å². The summed E-state index contributed by atoms with van der Waals surface area (Å²) in [6, 6.07) is 7.95. The van der Waals surface area contributed by atoms with E-state index in [0.29, 0.717) is 0 Å². The molecule has 0 saturated carbocycles. The molecule has 4 heteroatoms. The summed E-state index contributed by atoms with van der Waals surface area (Å²) in [6.45, 7) is 5.05. The summed E-state index contributed by atoms with van der Waals surface area (Å²) in [5, 5.41) is 3.98. The van der Waals surface area contributed by atoms with Crippen molar-refractivity contribution in [2.75, 3.05) is 6.61 Å². The molecule has 0 spiro atoms. The number of halogens is 1. The molecule has 0 radical (unpaired) electrons. The zero-order chi connectivity index (χ0) is 15.3. The van der Waals surface area contributed by atoms with Gasteiger partial charge in [0.25, 0.3) is 5.91 Å². The van der Waals surface area contributed by atoms with Gasteiger partial charge in [-0.3, -0.25) is 4.79 Å². The van der Waals surface area contributed by atoms with Crippen LogP contribution < -0.4 is 5.32 Å². The average molecular weight is 354 g/mol. The largest absolute Gasteiger partial charge is 0.375 e. The number of carbonyl (C=O) groups excluding carboxylic acids is 1. The second-order valence-electron chi connectivity index (χ2n) is 5.73. The number of benzene rings is 1.